The smallest absolute Gasteiger partial charge is 0.432 e. The maximum absolute atomic E-state index is 12.2. The summed E-state index contributed by atoms with van der Waals surface area (Å²) in [6, 6.07) is 0. The van der Waals surface area contributed by atoms with Gasteiger partial charge in [-0.25, -0.2) is 14.8 Å². The second-order valence-corrected chi connectivity index (χ2v) is 6.44. The number of aromatic nitrogens is 3. The summed E-state index contributed by atoms with van der Waals surface area (Å²) in [7, 11) is 0. The zero-order valence-electron chi connectivity index (χ0n) is 14.1. The Balaban J connectivity index is 2.18. The highest BCUT2D eigenvalue weighted by molar-refractivity contribution is 7.06. The lowest BCUT2D eigenvalue weighted by molar-refractivity contribution is -0.0658. The fourth-order valence-corrected chi connectivity index (χ4v) is 2.61. The first kappa shape index (κ1) is 20.0. The molecule has 144 valence electrons. The molecule has 4 atom stereocenters. The molecule has 1 aliphatic rings. The molecule has 0 aromatic carbocycles. The van der Waals surface area contributed by atoms with E-state index in [9.17, 15) is 19.8 Å². The summed E-state index contributed by atoms with van der Waals surface area (Å²) in [5, 5.41) is 21.7. The molecule has 4 N–H and O–H groups in total. The number of aliphatic hydroxyl groups excluding tert-OH is 2. The predicted octanol–water partition coefficient (Wildman–Crippen LogP) is -0.413. The first-order valence-corrected chi connectivity index (χ1v) is 8.54. The molecule has 1 aromatic heterocycles. The van der Waals surface area contributed by atoms with Crippen molar-refractivity contribution in [2.24, 2.45) is 0 Å². The highest BCUT2D eigenvalue weighted by Gasteiger charge is 2.44. The Kier molecular flexibility index (Phi) is 6.85. The number of ether oxygens (including phenoxy) is 3. The van der Waals surface area contributed by atoms with E-state index < -0.39 is 35.6 Å². The second-order valence-electron chi connectivity index (χ2n) is 5.58. The minimum atomic E-state index is -1.45. The van der Waals surface area contributed by atoms with Crippen LogP contribution in [0.4, 0.5) is 10.7 Å². The lowest BCUT2D eigenvalue weighted by Gasteiger charge is -2.15. The highest BCUT2D eigenvalue weighted by Crippen LogP contribution is 2.28. The summed E-state index contributed by atoms with van der Waals surface area (Å²) in [4.78, 5) is 30.7. The summed E-state index contributed by atoms with van der Waals surface area (Å²) in [5.74, 6) is -0.106. The Morgan fingerprint density at radius 1 is 1.42 bits per heavy atom. The molecule has 2 rings (SSSR count). The fourth-order valence-electron chi connectivity index (χ4n) is 2.10. The third kappa shape index (κ3) is 5.11. The second kappa shape index (κ2) is 8.89. The van der Waals surface area contributed by atoms with Crippen molar-refractivity contribution in [3.8, 4) is 0 Å². The SMILES string of the molecule is CC(C)OC(=O)OC[C@H]1O[C@@H](n2cnc(N)nccsc2=O)[C@H](O)[C@@H]1O. The van der Waals surface area contributed by atoms with E-state index >= 15 is 0 Å². The largest absolute Gasteiger partial charge is 0.508 e. The first-order valence-electron chi connectivity index (χ1n) is 7.66. The molecular weight excluding hydrogens is 368 g/mol. The van der Waals surface area contributed by atoms with Crippen LogP contribution in [0.25, 0.3) is 0 Å². The Hall–Kier alpha value is -2.28. The average molecular weight is 388 g/mol. The van der Waals surface area contributed by atoms with E-state index in [1.807, 2.05) is 0 Å². The van der Waals surface area contributed by atoms with Gasteiger partial charge in [-0.05, 0) is 13.8 Å². The fraction of sp³-hybridized carbons (Fsp3) is 0.571. The van der Waals surface area contributed by atoms with E-state index in [0.29, 0.717) is 0 Å². The van der Waals surface area contributed by atoms with Gasteiger partial charge in [-0.3, -0.25) is 9.36 Å². The molecule has 1 fully saturated rings. The molecule has 1 aliphatic heterocycles. The van der Waals surface area contributed by atoms with E-state index in [1.54, 1.807) is 13.8 Å². The van der Waals surface area contributed by atoms with E-state index in [2.05, 4.69) is 9.97 Å². The summed E-state index contributed by atoms with van der Waals surface area (Å²) in [6.45, 7) is 2.94. The summed E-state index contributed by atoms with van der Waals surface area (Å²) < 4.78 is 16.1. The van der Waals surface area contributed by atoms with Crippen molar-refractivity contribution in [3.63, 3.8) is 0 Å². The minimum Gasteiger partial charge on any atom is -0.432 e. The molecule has 0 amide bonds. The zero-order valence-corrected chi connectivity index (χ0v) is 14.9. The van der Waals surface area contributed by atoms with Crippen LogP contribution in [-0.2, 0) is 14.2 Å². The highest BCUT2D eigenvalue weighted by atomic mass is 32.1. The van der Waals surface area contributed by atoms with Crippen LogP contribution >= 0.6 is 11.3 Å². The number of carbonyl (C=O) groups is 1. The Labute approximate surface area is 152 Å². The molecule has 0 saturated carbocycles. The molecule has 26 heavy (non-hydrogen) atoms. The quantitative estimate of drug-likeness (QED) is 0.578. The molecule has 11 nitrogen and oxygen atoms in total. The lowest BCUT2D eigenvalue weighted by atomic mass is 10.1. The van der Waals surface area contributed by atoms with Gasteiger partial charge in [-0.1, -0.05) is 11.3 Å². The van der Waals surface area contributed by atoms with Gasteiger partial charge in [0.25, 0.3) is 0 Å². The van der Waals surface area contributed by atoms with Gasteiger partial charge in [0, 0.05) is 11.6 Å². The molecule has 2 heterocycles. The maximum Gasteiger partial charge on any atom is 0.508 e. The topological polar surface area (TPSA) is 159 Å². The third-order valence-corrected chi connectivity index (χ3v) is 3.94. The van der Waals surface area contributed by atoms with Crippen molar-refractivity contribution in [1.29, 1.82) is 0 Å². The number of nitrogen functional groups attached to an aromatic ring is 1. The van der Waals surface area contributed by atoms with Crippen LogP contribution in [-0.4, -0.2) is 61.9 Å². The normalized spacial score (nSPS) is 25.0. The molecule has 0 spiro atoms. The number of anilines is 1. The summed E-state index contributed by atoms with van der Waals surface area (Å²) >= 11 is 0.767. The van der Waals surface area contributed by atoms with Crippen molar-refractivity contribution >= 4 is 23.4 Å². The van der Waals surface area contributed by atoms with Gasteiger partial charge in [0.1, 0.15) is 31.2 Å². The van der Waals surface area contributed by atoms with E-state index in [-0.39, 0.29) is 18.7 Å². The van der Waals surface area contributed by atoms with Crippen molar-refractivity contribution in [2.45, 2.75) is 44.5 Å². The molecule has 0 aliphatic carbocycles. The van der Waals surface area contributed by atoms with Crippen LogP contribution in [0.3, 0.4) is 0 Å². The number of carbonyl (C=O) groups excluding carboxylic acids is 1. The number of aliphatic hydroxyl groups is 2. The molecule has 0 radical (unpaired) electrons. The van der Waals surface area contributed by atoms with Gasteiger partial charge in [0.15, 0.2) is 6.23 Å². The standard InChI is InChI=1S/C14H20N4O7S/c1-7(2)24-14(22)23-5-8-9(19)10(20)11(25-8)18-6-17-12(15)16-3-4-26-13(18)21/h3-4,6-11,19-20H,5H2,1-2H3,(H2,15,16)/t8-,9-,10-,11-/m1/s1. The van der Waals surface area contributed by atoms with E-state index in [0.717, 1.165) is 22.2 Å². The van der Waals surface area contributed by atoms with Gasteiger partial charge < -0.3 is 30.2 Å². The molecule has 1 aromatic rings. The molecular formula is C14H20N4O7S. The average Bonchev–Trinajstić information content (AvgIpc) is 2.88. The van der Waals surface area contributed by atoms with Crippen LogP contribution in [0.15, 0.2) is 22.7 Å². The predicted molar refractivity (Wildman–Crippen MR) is 89.7 cm³/mol. The summed E-state index contributed by atoms with van der Waals surface area (Å²) in [5.41, 5.74) is 5.52. The molecule has 1 saturated heterocycles. The van der Waals surface area contributed by atoms with Crippen LogP contribution in [0.1, 0.15) is 20.1 Å². The molecule has 0 bridgehead atoms. The monoisotopic (exact) mass is 388 g/mol. The minimum absolute atomic E-state index is 0.106. The lowest BCUT2D eigenvalue weighted by Crippen LogP contribution is -2.35. The van der Waals surface area contributed by atoms with E-state index in [1.165, 1.54) is 11.6 Å². The number of hydrogen-bond donors (Lipinski definition) is 3. The summed E-state index contributed by atoms with van der Waals surface area (Å²) in [6.07, 6.45) is -4.10. The van der Waals surface area contributed by atoms with Gasteiger partial charge in [0.2, 0.25) is 5.95 Å². The Bertz CT molecular complexity index is 736. The van der Waals surface area contributed by atoms with Gasteiger partial charge in [-0.15, -0.1) is 0 Å². The van der Waals surface area contributed by atoms with Gasteiger partial charge >= 0.3 is 11.0 Å². The van der Waals surface area contributed by atoms with Crippen molar-refractivity contribution < 1.29 is 29.2 Å². The number of nitrogens with zero attached hydrogens (tertiary/aromatic N) is 3. The first-order chi connectivity index (χ1) is 12.3. The van der Waals surface area contributed by atoms with Crippen LogP contribution < -0.4 is 10.6 Å². The van der Waals surface area contributed by atoms with E-state index in [4.69, 9.17) is 19.9 Å². The Morgan fingerprint density at radius 3 is 2.85 bits per heavy atom. The molecule has 12 heteroatoms. The van der Waals surface area contributed by atoms with Crippen LogP contribution in [0.2, 0.25) is 0 Å². The Morgan fingerprint density at radius 2 is 2.15 bits per heavy atom. The van der Waals surface area contributed by atoms with Crippen molar-refractivity contribution in [1.82, 2.24) is 14.5 Å². The van der Waals surface area contributed by atoms with Gasteiger partial charge in [0.05, 0.1) is 6.10 Å². The van der Waals surface area contributed by atoms with Crippen LogP contribution in [0.5, 0.6) is 0 Å². The molecule has 0 unspecified atom stereocenters. The third-order valence-electron chi connectivity index (χ3n) is 3.27. The van der Waals surface area contributed by atoms with Crippen molar-refractivity contribution in [2.75, 3.05) is 12.3 Å². The van der Waals surface area contributed by atoms with Gasteiger partial charge in [-0.2, -0.15) is 0 Å². The maximum atomic E-state index is 12.2. The number of nitrogens with two attached hydrogens (primary N) is 1. The number of hydrogen-bond acceptors (Lipinski definition) is 11. The number of rotatable bonds is 4. The zero-order chi connectivity index (χ0) is 19.3. The van der Waals surface area contributed by atoms with Crippen LogP contribution in [0, 0.1) is 0 Å². The van der Waals surface area contributed by atoms with Crippen molar-refractivity contribution in [3.05, 3.63) is 27.6 Å².